The molecule has 2 fully saturated rings. The predicted molar refractivity (Wildman–Crippen MR) is 116 cm³/mol. The molecule has 2 aromatic rings. The van der Waals surface area contributed by atoms with Crippen LogP contribution in [-0.2, 0) is 10.2 Å². The van der Waals surface area contributed by atoms with E-state index >= 15 is 0 Å². The van der Waals surface area contributed by atoms with Crippen LogP contribution in [0.1, 0.15) is 55.6 Å². The van der Waals surface area contributed by atoms with E-state index in [-0.39, 0.29) is 11.3 Å². The maximum absolute atomic E-state index is 13.0. The van der Waals surface area contributed by atoms with Gasteiger partial charge in [-0.15, -0.1) is 11.3 Å². The van der Waals surface area contributed by atoms with E-state index in [0.717, 1.165) is 50.4 Å². The van der Waals surface area contributed by atoms with Gasteiger partial charge in [-0.1, -0.05) is 18.9 Å². The van der Waals surface area contributed by atoms with Crippen molar-refractivity contribution in [1.29, 1.82) is 0 Å². The minimum absolute atomic E-state index is 0.133. The van der Waals surface area contributed by atoms with Gasteiger partial charge in [0.2, 0.25) is 11.8 Å². The number of nitrogens with zero attached hydrogens (tertiary/aromatic N) is 3. The number of hydrogen-bond donors (Lipinski definition) is 1. The van der Waals surface area contributed by atoms with Crippen LogP contribution >= 0.6 is 11.3 Å². The Morgan fingerprint density at radius 1 is 1.21 bits per heavy atom. The second-order valence-electron chi connectivity index (χ2n) is 8.03. The molecule has 4 rings (SSSR count). The van der Waals surface area contributed by atoms with Crippen molar-refractivity contribution < 1.29 is 9.53 Å². The molecule has 6 nitrogen and oxygen atoms in total. The average molecular weight is 415 g/mol. The molecule has 0 bridgehead atoms. The second kappa shape index (κ2) is 9.11. The molecule has 0 aromatic carbocycles. The minimum Gasteiger partial charge on any atom is -0.476 e. The third kappa shape index (κ3) is 4.55. The van der Waals surface area contributed by atoms with Crippen molar-refractivity contribution in [3.05, 3.63) is 34.3 Å². The van der Waals surface area contributed by atoms with Crippen molar-refractivity contribution in [3.63, 3.8) is 0 Å². The molecule has 0 spiro atoms. The van der Waals surface area contributed by atoms with Crippen LogP contribution in [0.2, 0.25) is 0 Å². The lowest BCUT2D eigenvalue weighted by molar-refractivity contribution is -0.126. The van der Waals surface area contributed by atoms with Crippen molar-refractivity contribution in [1.82, 2.24) is 15.3 Å². The number of aryl methyl sites for hydroxylation is 1. The zero-order valence-corrected chi connectivity index (χ0v) is 18.0. The number of carbonyl (C=O) groups is 1. The quantitative estimate of drug-likeness (QED) is 0.697. The molecular formula is C22H30N4O2S. The number of nitrogens with one attached hydrogen (secondary N) is 1. The summed E-state index contributed by atoms with van der Waals surface area (Å²) in [6.45, 7) is 4.86. The van der Waals surface area contributed by atoms with Gasteiger partial charge in [0.25, 0.3) is 0 Å². The van der Waals surface area contributed by atoms with Crippen LogP contribution in [0, 0.1) is 6.92 Å². The van der Waals surface area contributed by atoms with Crippen molar-refractivity contribution >= 4 is 23.1 Å². The predicted octanol–water partition coefficient (Wildman–Crippen LogP) is 3.84. The lowest BCUT2D eigenvalue weighted by Gasteiger charge is -2.28. The molecule has 0 radical (unpaired) electrons. The molecule has 1 saturated carbocycles. The van der Waals surface area contributed by atoms with Crippen LogP contribution in [0.25, 0.3) is 0 Å². The molecule has 7 heteroatoms. The van der Waals surface area contributed by atoms with E-state index < -0.39 is 0 Å². The number of piperidine rings is 1. The van der Waals surface area contributed by atoms with Crippen molar-refractivity contribution in [2.45, 2.75) is 57.3 Å². The number of anilines is 1. The van der Waals surface area contributed by atoms with Crippen LogP contribution in [0.3, 0.4) is 0 Å². The topological polar surface area (TPSA) is 67.3 Å². The Balaban J connectivity index is 1.32. The van der Waals surface area contributed by atoms with Gasteiger partial charge >= 0.3 is 0 Å². The molecule has 3 heterocycles. The van der Waals surface area contributed by atoms with Gasteiger partial charge in [0, 0.05) is 24.0 Å². The highest BCUT2D eigenvalue weighted by molar-refractivity contribution is 7.10. The molecule has 1 saturated heterocycles. The SMILES string of the molecule is Cc1nc(OCCNC(=O)C2(c3cccs3)CCCC2)cc(N2CCCCC2)n1. The Labute approximate surface area is 176 Å². The Bertz CT molecular complexity index is 812. The first-order valence-electron chi connectivity index (χ1n) is 10.7. The maximum Gasteiger partial charge on any atom is 0.231 e. The van der Waals surface area contributed by atoms with Gasteiger partial charge in [0.15, 0.2) is 0 Å². The highest BCUT2D eigenvalue weighted by atomic mass is 32.1. The van der Waals surface area contributed by atoms with Gasteiger partial charge in [0.1, 0.15) is 18.2 Å². The fourth-order valence-electron chi connectivity index (χ4n) is 4.49. The van der Waals surface area contributed by atoms with Crippen LogP contribution in [0.4, 0.5) is 5.82 Å². The summed E-state index contributed by atoms with van der Waals surface area (Å²) >= 11 is 1.69. The van der Waals surface area contributed by atoms with Gasteiger partial charge in [-0.05, 0) is 50.5 Å². The lowest BCUT2D eigenvalue weighted by Crippen LogP contribution is -2.43. The van der Waals surface area contributed by atoms with Gasteiger partial charge in [-0.2, -0.15) is 4.98 Å². The molecule has 1 amide bonds. The van der Waals surface area contributed by atoms with Crippen molar-refractivity contribution in [2.24, 2.45) is 0 Å². The van der Waals surface area contributed by atoms with Gasteiger partial charge in [0.05, 0.1) is 12.0 Å². The summed E-state index contributed by atoms with van der Waals surface area (Å²) in [5, 5.41) is 5.16. The van der Waals surface area contributed by atoms with E-state index in [2.05, 4.69) is 31.6 Å². The monoisotopic (exact) mass is 414 g/mol. The fourth-order valence-corrected chi connectivity index (χ4v) is 5.47. The zero-order valence-electron chi connectivity index (χ0n) is 17.2. The largest absolute Gasteiger partial charge is 0.476 e. The Morgan fingerprint density at radius 2 is 2.00 bits per heavy atom. The Morgan fingerprint density at radius 3 is 2.72 bits per heavy atom. The van der Waals surface area contributed by atoms with E-state index in [1.165, 1.54) is 24.1 Å². The molecular weight excluding hydrogens is 384 g/mol. The number of hydrogen-bond acceptors (Lipinski definition) is 6. The molecule has 2 aromatic heterocycles. The number of carbonyl (C=O) groups excluding carboxylic acids is 1. The summed E-state index contributed by atoms with van der Waals surface area (Å²) in [6.07, 6.45) is 7.79. The van der Waals surface area contributed by atoms with E-state index in [4.69, 9.17) is 4.74 Å². The second-order valence-corrected chi connectivity index (χ2v) is 8.98. The number of rotatable bonds is 7. The van der Waals surface area contributed by atoms with Crippen LogP contribution < -0.4 is 15.0 Å². The molecule has 0 atom stereocenters. The average Bonchev–Trinajstić information content (AvgIpc) is 3.44. The molecule has 1 aliphatic heterocycles. The van der Waals surface area contributed by atoms with Gasteiger partial charge in [-0.25, -0.2) is 4.98 Å². The summed E-state index contributed by atoms with van der Waals surface area (Å²) in [5.41, 5.74) is -0.346. The van der Waals surface area contributed by atoms with Crippen molar-refractivity contribution in [2.75, 3.05) is 31.1 Å². The Kier molecular flexibility index (Phi) is 6.33. The first-order chi connectivity index (χ1) is 14.2. The summed E-state index contributed by atoms with van der Waals surface area (Å²) in [4.78, 5) is 25.5. The number of aromatic nitrogens is 2. The van der Waals surface area contributed by atoms with Crippen LogP contribution in [0.15, 0.2) is 23.6 Å². The highest BCUT2D eigenvalue weighted by Gasteiger charge is 2.43. The molecule has 1 aliphatic carbocycles. The van der Waals surface area contributed by atoms with E-state index in [9.17, 15) is 4.79 Å². The fraction of sp³-hybridized carbons (Fsp3) is 0.591. The van der Waals surface area contributed by atoms with E-state index in [0.29, 0.717) is 19.0 Å². The van der Waals surface area contributed by atoms with Crippen LogP contribution in [-0.4, -0.2) is 42.1 Å². The summed E-state index contributed by atoms with van der Waals surface area (Å²) in [5.74, 6) is 2.38. The number of amides is 1. The number of ether oxygens (including phenoxy) is 1. The zero-order chi connectivity index (χ0) is 20.1. The lowest BCUT2D eigenvalue weighted by atomic mass is 9.83. The summed E-state index contributed by atoms with van der Waals surface area (Å²) in [7, 11) is 0. The number of thiophene rings is 1. The summed E-state index contributed by atoms with van der Waals surface area (Å²) < 4.78 is 5.87. The third-order valence-corrected chi connectivity index (χ3v) is 7.08. The standard InChI is InChI=1S/C22H30N4O2S/c1-17-24-19(26-12-5-2-6-13-26)16-20(25-17)28-14-11-23-21(27)22(9-3-4-10-22)18-8-7-15-29-18/h7-8,15-16H,2-6,9-14H2,1H3,(H,23,27). The smallest absolute Gasteiger partial charge is 0.231 e. The third-order valence-electron chi connectivity index (χ3n) is 6.00. The molecule has 29 heavy (non-hydrogen) atoms. The molecule has 0 unspecified atom stereocenters. The van der Waals surface area contributed by atoms with E-state index in [1.54, 1.807) is 11.3 Å². The van der Waals surface area contributed by atoms with Gasteiger partial charge < -0.3 is 15.0 Å². The Hall–Kier alpha value is -2.15. The first kappa shape index (κ1) is 20.1. The normalized spacial score (nSPS) is 18.6. The van der Waals surface area contributed by atoms with Gasteiger partial charge in [-0.3, -0.25) is 4.79 Å². The van der Waals surface area contributed by atoms with Crippen molar-refractivity contribution in [3.8, 4) is 5.88 Å². The molecule has 2 aliphatic rings. The summed E-state index contributed by atoms with van der Waals surface area (Å²) in [6, 6.07) is 6.05. The van der Waals surface area contributed by atoms with Crippen LogP contribution in [0.5, 0.6) is 5.88 Å². The molecule has 1 N–H and O–H groups in total. The highest BCUT2D eigenvalue weighted by Crippen LogP contribution is 2.43. The maximum atomic E-state index is 13.0. The first-order valence-corrected chi connectivity index (χ1v) is 11.6. The minimum atomic E-state index is -0.346. The van der Waals surface area contributed by atoms with E-state index in [1.807, 2.05) is 19.1 Å². The molecule has 156 valence electrons.